The molecule has 0 saturated carbocycles. The molecule has 4 nitrogen and oxygen atoms in total. The maximum absolute atomic E-state index is 5.13. The Morgan fingerprint density at radius 2 is 2.53 bits per heavy atom. The van der Waals surface area contributed by atoms with Gasteiger partial charge in [0.2, 0.25) is 0 Å². The number of likely N-dealkylation sites (tertiary alicyclic amines) is 1. The summed E-state index contributed by atoms with van der Waals surface area (Å²) in [6.07, 6.45) is 4.28. The van der Waals surface area contributed by atoms with Crippen molar-refractivity contribution in [1.82, 2.24) is 15.2 Å². The van der Waals surface area contributed by atoms with Gasteiger partial charge in [0.15, 0.2) is 0 Å². The van der Waals surface area contributed by atoms with Crippen LogP contribution in [0.25, 0.3) is 0 Å². The number of nitrogens with one attached hydrogen (secondary N) is 1. The molecular weight excluding hydrogens is 234 g/mol. The molecule has 1 fully saturated rings. The molecule has 0 bridgehead atoms. The van der Waals surface area contributed by atoms with E-state index in [2.05, 4.69) is 27.6 Å². The molecule has 1 N–H and O–H groups in total. The molecule has 0 spiro atoms. The Bertz CT molecular complexity index is 331. The monoisotopic (exact) mass is 255 g/mol. The summed E-state index contributed by atoms with van der Waals surface area (Å²) in [4.78, 5) is 6.89. The summed E-state index contributed by atoms with van der Waals surface area (Å²) < 4.78 is 5.13. The minimum absolute atomic E-state index is 0.0275. The first-order chi connectivity index (χ1) is 8.27. The fraction of sp³-hybridized carbons (Fsp3) is 0.750. The van der Waals surface area contributed by atoms with Crippen LogP contribution in [0.2, 0.25) is 0 Å². The first-order valence-corrected chi connectivity index (χ1v) is 6.97. The van der Waals surface area contributed by atoms with Crippen molar-refractivity contribution in [3.63, 3.8) is 0 Å². The molecule has 1 saturated heterocycles. The largest absolute Gasteiger partial charge is 0.383 e. The Kier molecular flexibility index (Phi) is 4.50. The first-order valence-electron chi connectivity index (χ1n) is 6.09. The van der Waals surface area contributed by atoms with E-state index in [9.17, 15) is 0 Å². The van der Waals surface area contributed by atoms with E-state index in [0.717, 1.165) is 26.1 Å². The summed E-state index contributed by atoms with van der Waals surface area (Å²) in [6, 6.07) is 0. The van der Waals surface area contributed by atoms with Crippen LogP contribution >= 0.6 is 11.3 Å². The van der Waals surface area contributed by atoms with E-state index in [-0.39, 0.29) is 5.54 Å². The molecular formula is C12H21N3OS. The topological polar surface area (TPSA) is 37.4 Å². The van der Waals surface area contributed by atoms with Gasteiger partial charge in [0, 0.05) is 31.8 Å². The second-order valence-corrected chi connectivity index (χ2v) is 5.57. The number of hydrogen-bond donors (Lipinski definition) is 1. The fourth-order valence-corrected chi connectivity index (χ4v) is 3.35. The number of hydrogen-bond acceptors (Lipinski definition) is 5. The molecule has 2 heterocycles. The van der Waals surface area contributed by atoms with Crippen molar-refractivity contribution in [3.8, 4) is 0 Å². The highest BCUT2D eigenvalue weighted by molar-refractivity contribution is 7.09. The Morgan fingerprint density at radius 3 is 3.18 bits per heavy atom. The van der Waals surface area contributed by atoms with Gasteiger partial charge < -0.3 is 15.0 Å². The van der Waals surface area contributed by atoms with Gasteiger partial charge in [0.05, 0.1) is 12.1 Å². The number of piperidine rings is 1. The zero-order valence-electron chi connectivity index (χ0n) is 10.6. The molecule has 0 radical (unpaired) electrons. The van der Waals surface area contributed by atoms with Crippen LogP contribution in [0.4, 0.5) is 0 Å². The number of nitrogens with zero attached hydrogens (tertiary/aromatic N) is 2. The molecule has 1 aliphatic rings. The summed E-state index contributed by atoms with van der Waals surface area (Å²) >= 11 is 1.75. The molecule has 1 aliphatic heterocycles. The third-order valence-electron chi connectivity index (χ3n) is 3.29. The van der Waals surface area contributed by atoms with E-state index >= 15 is 0 Å². The molecule has 0 amide bonds. The van der Waals surface area contributed by atoms with E-state index in [4.69, 9.17) is 4.74 Å². The predicted molar refractivity (Wildman–Crippen MR) is 70.4 cm³/mol. The summed E-state index contributed by atoms with van der Waals surface area (Å²) in [5.41, 5.74) is 0.0275. The van der Waals surface area contributed by atoms with Crippen molar-refractivity contribution in [2.24, 2.45) is 0 Å². The molecule has 96 valence electrons. The van der Waals surface area contributed by atoms with Crippen molar-refractivity contribution >= 4 is 11.3 Å². The van der Waals surface area contributed by atoms with Crippen LogP contribution in [0.5, 0.6) is 0 Å². The maximum Gasteiger partial charge on any atom is 0.114 e. The Morgan fingerprint density at radius 1 is 1.65 bits per heavy atom. The van der Waals surface area contributed by atoms with Crippen LogP contribution in [0.1, 0.15) is 17.8 Å². The lowest BCUT2D eigenvalue weighted by Crippen LogP contribution is -2.54. The number of likely N-dealkylation sites (N-methyl/N-ethyl adjacent to an activating group) is 1. The quantitative estimate of drug-likeness (QED) is 0.805. The van der Waals surface area contributed by atoms with Crippen molar-refractivity contribution in [2.45, 2.75) is 18.4 Å². The standard InChI is InChI=1S/C12H21N3OS/c1-15-7-3-4-12(10-15,14-5-8-16-2)11-13-6-9-17-11/h6,9,14H,3-5,7-8,10H2,1-2H3. The van der Waals surface area contributed by atoms with Gasteiger partial charge in [-0.2, -0.15) is 0 Å². The molecule has 2 rings (SSSR count). The Balaban J connectivity index is 2.10. The third kappa shape index (κ3) is 3.04. The second-order valence-electron chi connectivity index (χ2n) is 4.68. The van der Waals surface area contributed by atoms with Gasteiger partial charge in [-0.25, -0.2) is 4.98 Å². The zero-order valence-corrected chi connectivity index (χ0v) is 11.4. The van der Waals surface area contributed by atoms with Gasteiger partial charge in [-0.3, -0.25) is 0 Å². The van der Waals surface area contributed by atoms with Gasteiger partial charge in [-0.1, -0.05) is 0 Å². The zero-order chi connectivity index (χ0) is 12.1. The van der Waals surface area contributed by atoms with Crippen LogP contribution in [0.15, 0.2) is 11.6 Å². The Labute approximate surface area is 107 Å². The minimum atomic E-state index is 0.0275. The molecule has 1 aromatic rings. The third-order valence-corrected chi connectivity index (χ3v) is 4.27. The lowest BCUT2D eigenvalue weighted by atomic mass is 9.89. The highest BCUT2D eigenvalue weighted by atomic mass is 32.1. The number of methoxy groups -OCH3 is 1. The van der Waals surface area contributed by atoms with Gasteiger partial charge in [-0.15, -0.1) is 11.3 Å². The van der Waals surface area contributed by atoms with Gasteiger partial charge in [0.25, 0.3) is 0 Å². The van der Waals surface area contributed by atoms with Gasteiger partial charge >= 0.3 is 0 Å². The number of rotatable bonds is 5. The van der Waals surface area contributed by atoms with Crippen LogP contribution in [-0.2, 0) is 10.3 Å². The predicted octanol–water partition coefficient (Wildman–Crippen LogP) is 1.30. The SMILES string of the molecule is COCCNC1(c2nccs2)CCCN(C)C1. The normalized spacial score (nSPS) is 26.2. The van der Waals surface area contributed by atoms with E-state index in [1.807, 2.05) is 6.20 Å². The Hall–Kier alpha value is -0.490. The van der Waals surface area contributed by atoms with Crippen molar-refractivity contribution in [1.29, 1.82) is 0 Å². The van der Waals surface area contributed by atoms with E-state index in [0.29, 0.717) is 0 Å². The summed E-state index contributed by atoms with van der Waals surface area (Å²) in [6.45, 7) is 3.84. The molecule has 1 unspecified atom stereocenters. The summed E-state index contributed by atoms with van der Waals surface area (Å²) in [5.74, 6) is 0. The molecule has 0 aromatic carbocycles. The molecule has 1 aromatic heterocycles. The van der Waals surface area contributed by atoms with E-state index < -0.39 is 0 Å². The molecule has 0 aliphatic carbocycles. The summed E-state index contributed by atoms with van der Waals surface area (Å²) in [7, 11) is 3.92. The fourth-order valence-electron chi connectivity index (χ4n) is 2.52. The number of thiazole rings is 1. The highest BCUT2D eigenvalue weighted by Gasteiger charge is 2.37. The smallest absolute Gasteiger partial charge is 0.114 e. The van der Waals surface area contributed by atoms with Crippen LogP contribution < -0.4 is 5.32 Å². The van der Waals surface area contributed by atoms with Gasteiger partial charge in [0.1, 0.15) is 5.01 Å². The van der Waals surface area contributed by atoms with Crippen molar-refractivity contribution in [3.05, 3.63) is 16.6 Å². The second kappa shape index (κ2) is 5.91. The van der Waals surface area contributed by atoms with Crippen LogP contribution in [0, 0.1) is 0 Å². The van der Waals surface area contributed by atoms with Crippen molar-refractivity contribution < 1.29 is 4.74 Å². The number of aromatic nitrogens is 1. The molecule has 17 heavy (non-hydrogen) atoms. The first kappa shape index (κ1) is 13.0. The average molecular weight is 255 g/mol. The van der Waals surface area contributed by atoms with Crippen molar-refractivity contribution in [2.75, 3.05) is 40.4 Å². The number of ether oxygens (including phenoxy) is 1. The molecule has 1 atom stereocenters. The lowest BCUT2D eigenvalue weighted by Gasteiger charge is -2.41. The van der Waals surface area contributed by atoms with Gasteiger partial charge in [-0.05, 0) is 26.4 Å². The lowest BCUT2D eigenvalue weighted by molar-refractivity contribution is 0.125. The minimum Gasteiger partial charge on any atom is -0.383 e. The summed E-state index contributed by atoms with van der Waals surface area (Å²) in [5, 5.41) is 6.92. The maximum atomic E-state index is 5.13. The van der Waals surface area contributed by atoms with E-state index in [1.54, 1.807) is 18.4 Å². The highest BCUT2D eigenvalue weighted by Crippen LogP contribution is 2.32. The van der Waals surface area contributed by atoms with Crippen LogP contribution in [0.3, 0.4) is 0 Å². The molecule has 5 heteroatoms. The van der Waals surface area contributed by atoms with Crippen LogP contribution in [-0.4, -0.2) is 50.3 Å². The average Bonchev–Trinajstić information content (AvgIpc) is 2.83. The van der Waals surface area contributed by atoms with E-state index in [1.165, 1.54) is 18.0 Å².